The molecule has 5 nitrogen and oxygen atoms in total. The lowest BCUT2D eigenvalue weighted by molar-refractivity contribution is -0.118. The number of nitrogens with one attached hydrogen (secondary N) is 1. The molecule has 0 saturated carbocycles. The van der Waals surface area contributed by atoms with Gasteiger partial charge in [0.25, 0.3) is 0 Å². The molecule has 20 heavy (non-hydrogen) atoms. The van der Waals surface area contributed by atoms with Gasteiger partial charge in [0, 0.05) is 18.1 Å². The number of halogens is 2. The minimum absolute atomic E-state index is 0.0423. The van der Waals surface area contributed by atoms with E-state index in [1.165, 1.54) is 24.3 Å². The smallest absolute Gasteiger partial charge is 0.387 e. The van der Waals surface area contributed by atoms with Crippen LogP contribution < -0.4 is 10.1 Å². The number of alkyl halides is 2. The first kappa shape index (κ1) is 14.0. The highest BCUT2D eigenvalue weighted by Crippen LogP contribution is 2.18. The van der Waals surface area contributed by atoms with Crippen molar-refractivity contribution >= 4 is 11.6 Å². The maximum atomic E-state index is 12.0. The maximum absolute atomic E-state index is 12.0. The molecule has 0 aliphatic rings. The van der Waals surface area contributed by atoms with Gasteiger partial charge >= 0.3 is 6.61 Å². The van der Waals surface area contributed by atoms with Gasteiger partial charge in [-0.05, 0) is 31.2 Å². The Labute approximate surface area is 114 Å². The average molecular weight is 281 g/mol. The van der Waals surface area contributed by atoms with Crippen molar-refractivity contribution in [2.24, 2.45) is 0 Å². The summed E-state index contributed by atoms with van der Waals surface area (Å²) in [5.41, 5.74) is 0.503. The third kappa shape index (κ3) is 3.53. The molecule has 0 saturated heterocycles. The van der Waals surface area contributed by atoms with Crippen LogP contribution in [0.2, 0.25) is 0 Å². The van der Waals surface area contributed by atoms with Crippen molar-refractivity contribution in [1.29, 1.82) is 0 Å². The SMILES string of the molecule is CC(C(=O)Nc1ccc(OC(F)F)cc1)n1ccnc1. The molecule has 1 aromatic carbocycles. The van der Waals surface area contributed by atoms with E-state index >= 15 is 0 Å². The van der Waals surface area contributed by atoms with Gasteiger partial charge < -0.3 is 14.6 Å². The number of rotatable bonds is 5. The molecule has 7 heteroatoms. The summed E-state index contributed by atoms with van der Waals surface area (Å²) in [5.74, 6) is -0.189. The van der Waals surface area contributed by atoms with Gasteiger partial charge in [0.05, 0.1) is 6.33 Å². The maximum Gasteiger partial charge on any atom is 0.387 e. The molecule has 0 fully saturated rings. The normalized spacial score (nSPS) is 12.2. The molecule has 2 rings (SSSR count). The summed E-state index contributed by atoms with van der Waals surface area (Å²) >= 11 is 0. The van der Waals surface area contributed by atoms with E-state index in [0.717, 1.165) is 0 Å². The van der Waals surface area contributed by atoms with E-state index in [2.05, 4.69) is 15.0 Å². The number of imidazole rings is 1. The van der Waals surface area contributed by atoms with Gasteiger partial charge in [-0.3, -0.25) is 4.79 Å². The van der Waals surface area contributed by atoms with Crippen LogP contribution in [-0.2, 0) is 4.79 Å². The molecule has 0 radical (unpaired) electrons. The van der Waals surface area contributed by atoms with E-state index in [-0.39, 0.29) is 11.7 Å². The fourth-order valence-corrected chi connectivity index (χ4v) is 1.60. The van der Waals surface area contributed by atoms with E-state index in [0.29, 0.717) is 5.69 Å². The standard InChI is InChI=1S/C13H13F2N3O2/c1-9(18-7-6-16-8-18)12(19)17-10-2-4-11(5-3-10)20-13(14)15/h2-9,13H,1H3,(H,17,19). The number of ether oxygens (including phenoxy) is 1. The summed E-state index contributed by atoms with van der Waals surface area (Å²) in [6.07, 6.45) is 4.81. The van der Waals surface area contributed by atoms with Crippen LogP contribution in [0.15, 0.2) is 43.0 Å². The lowest BCUT2D eigenvalue weighted by Crippen LogP contribution is -2.22. The number of carbonyl (C=O) groups excluding carboxylic acids is 1. The highest BCUT2D eigenvalue weighted by atomic mass is 19.3. The number of anilines is 1. The molecule has 0 bridgehead atoms. The molecule has 1 amide bonds. The zero-order valence-corrected chi connectivity index (χ0v) is 10.7. The highest BCUT2D eigenvalue weighted by Gasteiger charge is 2.14. The Kier molecular flexibility index (Phi) is 4.29. The molecule has 2 aromatic rings. The molecule has 0 spiro atoms. The third-order valence-corrected chi connectivity index (χ3v) is 2.70. The molecule has 1 N–H and O–H groups in total. The van der Waals surface area contributed by atoms with Gasteiger partial charge in [0.1, 0.15) is 11.8 Å². The van der Waals surface area contributed by atoms with Crippen molar-refractivity contribution in [2.75, 3.05) is 5.32 Å². The Balaban J connectivity index is 1.97. The number of carbonyl (C=O) groups is 1. The molecule has 1 atom stereocenters. The van der Waals surface area contributed by atoms with Crippen molar-refractivity contribution in [3.8, 4) is 5.75 Å². The zero-order chi connectivity index (χ0) is 14.5. The second kappa shape index (κ2) is 6.14. The quantitative estimate of drug-likeness (QED) is 0.916. The van der Waals surface area contributed by atoms with E-state index in [1.54, 1.807) is 30.2 Å². The minimum atomic E-state index is -2.86. The van der Waals surface area contributed by atoms with Crippen LogP contribution in [-0.4, -0.2) is 22.1 Å². The monoisotopic (exact) mass is 281 g/mol. The van der Waals surface area contributed by atoms with E-state index in [1.807, 2.05) is 0 Å². The fraction of sp³-hybridized carbons (Fsp3) is 0.231. The largest absolute Gasteiger partial charge is 0.435 e. The number of amides is 1. The van der Waals surface area contributed by atoms with Crippen molar-refractivity contribution in [1.82, 2.24) is 9.55 Å². The molecule has 1 aromatic heterocycles. The summed E-state index contributed by atoms with van der Waals surface area (Å²) in [7, 11) is 0. The third-order valence-electron chi connectivity index (χ3n) is 2.70. The number of nitrogens with zero attached hydrogens (tertiary/aromatic N) is 2. The van der Waals surface area contributed by atoms with Gasteiger partial charge in [-0.15, -0.1) is 0 Å². The van der Waals surface area contributed by atoms with Crippen LogP contribution in [0.25, 0.3) is 0 Å². The van der Waals surface area contributed by atoms with E-state index < -0.39 is 12.7 Å². The van der Waals surface area contributed by atoms with Crippen LogP contribution in [0.1, 0.15) is 13.0 Å². The van der Waals surface area contributed by atoms with Crippen molar-refractivity contribution in [2.45, 2.75) is 19.6 Å². The Morgan fingerprint density at radius 2 is 2.05 bits per heavy atom. The van der Waals surface area contributed by atoms with Gasteiger partial charge in [0.2, 0.25) is 5.91 Å². The number of aromatic nitrogens is 2. The molecule has 1 unspecified atom stereocenters. The lowest BCUT2D eigenvalue weighted by Gasteiger charge is -2.13. The minimum Gasteiger partial charge on any atom is -0.435 e. The molecule has 0 aliphatic carbocycles. The summed E-state index contributed by atoms with van der Waals surface area (Å²) in [6.45, 7) is -1.14. The molecular weight excluding hydrogens is 268 g/mol. The van der Waals surface area contributed by atoms with Crippen LogP contribution >= 0.6 is 0 Å². The Hall–Kier alpha value is -2.44. The van der Waals surface area contributed by atoms with E-state index in [9.17, 15) is 13.6 Å². The fourth-order valence-electron chi connectivity index (χ4n) is 1.60. The number of benzene rings is 1. The van der Waals surface area contributed by atoms with Crippen LogP contribution in [0, 0.1) is 0 Å². The Morgan fingerprint density at radius 1 is 1.35 bits per heavy atom. The van der Waals surface area contributed by atoms with Gasteiger partial charge in [-0.1, -0.05) is 0 Å². The molecule has 1 heterocycles. The lowest BCUT2D eigenvalue weighted by atomic mass is 10.2. The van der Waals surface area contributed by atoms with E-state index in [4.69, 9.17) is 0 Å². The average Bonchev–Trinajstić information content (AvgIpc) is 2.93. The molecule has 106 valence electrons. The first-order valence-electron chi connectivity index (χ1n) is 5.89. The van der Waals surface area contributed by atoms with Gasteiger partial charge in [-0.25, -0.2) is 4.98 Å². The summed E-state index contributed by atoms with van der Waals surface area (Å²) in [6, 6.07) is 5.30. The predicted molar refractivity (Wildman–Crippen MR) is 68.6 cm³/mol. The number of hydrogen-bond donors (Lipinski definition) is 1. The zero-order valence-electron chi connectivity index (χ0n) is 10.7. The van der Waals surface area contributed by atoms with Crippen molar-refractivity contribution in [3.05, 3.63) is 43.0 Å². The van der Waals surface area contributed by atoms with Crippen LogP contribution in [0.4, 0.5) is 14.5 Å². The van der Waals surface area contributed by atoms with Crippen LogP contribution in [0.5, 0.6) is 5.75 Å². The summed E-state index contributed by atoms with van der Waals surface area (Å²) < 4.78 is 29.9. The van der Waals surface area contributed by atoms with Gasteiger partial charge in [-0.2, -0.15) is 8.78 Å². The number of hydrogen-bond acceptors (Lipinski definition) is 3. The second-order valence-corrected chi connectivity index (χ2v) is 4.08. The second-order valence-electron chi connectivity index (χ2n) is 4.08. The molecule has 0 aliphatic heterocycles. The summed E-state index contributed by atoms with van der Waals surface area (Å²) in [5, 5.41) is 2.68. The van der Waals surface area contributed by atoms with Crippen molar-refractivity contribution < 1.29 is 18.3 Å². The first-order valence-corrected chi connectivity index (χ1v) is 5.89. The van der Waals surface area contributed by atoms with Crippen LogP contribution in [0.3, 0.4) is 0 Å². The predicted octanol–water partition coefficient (Wildman–Crippen LogP) is 2.68. The Bertz CT molecular complexity index is 556. The van der Waals surface area contributed by atoms with Gasteiger partial charge in [0.15, 0.2) is 0 Å². The van der Waals surface area contributed by atoms with Crippen molar-refractivity contribution in [3.63, 3.8) is 0 Å². The molecular formula is C13H13F2N3O2. The first-order chi connectivity index (χ1) is 9.56. The topological polar surface area (TPSA) is 56.1 Å². The summed E-state index contributed by atoms with van der Waals surface area (Å²) in [4.78, 5) is 15.8. The highest BCUT2D eigenvalue weighted by molar-refractivity contribution is 5.93. The Morgan fingerprint density at radius 3 is 2.60 bits per heavy atom.